The normalized spacial score (nSPS) is 13.0. The molecule has 0 aliphatic rings. The van der Waals surface area contributed by atoms with Crippen LogP contribution in [0.3, 0.4) is 0 Å². The van der Waals surface area contributed by atoms with Crippen molar-refractivity contribution in [3.05, 3.63) is 53.6 Å². The zero-order valence-electron chi connectivity index (χ0n) is 12.7. The quantitative estimate of drug-likeness (QED) is 0.400. The van der Waals surface area contributed by atoms with E-state index < -0.39 is 34.9 Å². The molecule has 26 heavy (non-hydrogen) atoms. The van der Waals surface area contributed by atoms with Crippen molar-refractivity contribution in [1.82, 2.24) is 4.98 Å². The summed E-state index contributed by atoms with van der Waals surface area (Å²) >= 11 is 0. The van der Waals surface area contributed by atoms with Crippen LogP contribution in [0.25, 0.3) is 10.9 Å². The zero-order chi connectivity index (χ0) is 19.1. The Balaban J connectivity index is 2.05. The Morgan fingerprint density at radius 3 is 2.19 bits per heavy atom. The standard InChI is InChI=1S/C16H9F6N3O/c17-15(18,19)8-3-1-4-9(7-8)24-25-13-10-5-2-6-11(16(20,21)22)12(10)23-14(13)26/h1-7,23,26H. The van der Waals surface area contributed by atoms with Crippen LogP contribution in [0.5, 0.6) is 5.88 Å². The topological polar surface area (TPSA) is 60.7 Å². The molecular formula is C16H9F6N3O. The summed E-state index contributed by atoms with van der Waals surface area (Å²) in [5, 5.41) is 17.0. The first-order valence-electron chi connectivity index (χ1n) is 7.07. The van der Waals surface area contributed by atoms with E-state index in [0.29, 0.717) is 0 Å². The van der Waals surface area contributed by atoms with E-state index in [1.807, 2.05) is 0 Å². The summed E-state index contributed by atoms with van der Waals surface area (Å²) in [6.07, 6.45) is -9.23. The van der Waals surface area contributed by atoms with Crippen LogP contribution in [0.2, 0.25) is 0 Å². The maximum absolute atomic E-state index is 13.0. The number of H-pyrrole nitrogens is 1. The number of alkyl halides is 6. The number of hydrogen-bond acceptors (Lipinski definition) is 3. The maximum atomic E-state index is 13.0. The van der Waals surface area contributed by atoms with E-state index in [-0.39, 0.29) is 16.8 Å². The average molecular weight is 373 g/mol. The summed E-state index contributed by atoms with van der Waals surface area (Å²) in [7, 11) is 0. The van der Waals surface area contributed by atoms with Crippen molar-refractivity contribution in [2.45, 2.75) is 12.4 Å². The van der Waals surface area contributed by atoms with Gasteiger partial charge in [-0.1, -0.05) is 18.2 Å². The summed E-state index contributed by atoms with van der Waals surface area (Å²) in [5.74, 6) is -0.674. The van der Waals surface area contributed by atoms with Crippen LogP contribution in [0.4, 0.5) is 37.7 Å². The van der Waals surface area contributed by atoms with E-state index in [4.69, 9.17) is 0 Å². The van der Waals surface area contributed by atoms with Crippen LogP contribution in [-0.2, 0) is 12.4 Å². The highest BCUT2D eigenvalue weighted by Crippen LogP contribution is 2.42. The molecule has 0 bridgehead atoms. The minimum atomic E-state index is -4.66. The maximum Gasteiger partial charge on any atom is 0.418 e. The van der Waals surface area contributed by atoms with Crippen LogP contribution in [0.15, 0.2) is 52.7 Å². The highest BCUT2D eigenvalue weighted by Gasteiger charge is 2.34. The predicted molar refractivity (Wildman–Crippen MR) is 80.6 cm³/mol. The van der Waals surface area contributed by atoms with Crippen molar-refractivity contribution in [2.75, 3.05) is 0 Å². The van der Waals surface area contributed by atoms with E-state index in [0.717, 1.165) is 30.3 Å². The van der Waals surface area contributed by atoms with Gasteiger partial charge in [0.05, 0.1) is 22.3 Å². The highest BCUT2D eigenvalue weighted by molar-refractivity contribution is 5.96. The van der Waals surface area contributed by atoms with Crippen LogP contribution in [0, 0.1) is 0 Å². The molecule has 0 amide bonds. The van der Waals surface area contributed by atoms with Gasteiger partial charge in [0.1, 0.15) is 0 Å². The van der Waals surface area contributed by atoms with Gasteiger partial charge in [0.25, 0.3) is 0 Å². The molecule has 3 rings (SSSR count). The van der Waals surface area contributed by atoms with Gasteiger partial charge in [-0.2, -0.15) is 31.5 Å². The molecule has 0 saturated carbocycles. The van der Waals surface area contributed by atoms with Gasteiger partial charge in [-0.05, 0) is 24.3 Å². The second kappa shape index (κ2) is 6.04. The lowest BCUT2D eigenvalue weighted by Gasteiger charge is -2.07. The SMILES string of the molecule is Oc1[nH]c2c(C(F)(F)F)cccc2c1N=Nc1cccc(C(F)(F)F)c1. The fraction of sp³-hybridized carbons (Fsp3) is 0.125. The van der Waals surface area contributed by atoms with Gasteiger partial charge in [-0.25, -0.2) is 0 Å². The molecule has 0 aliphatic heterocycles. The molecule has 0 aliphatic carbocycles. The van der Waals surface area contributed by atoms with Gasteiger partial charge >= 0.3 is 12.4 Å². The molecular weight excluding hydrogens is 364 g/mol. The summed E-state index contributed by atoms with van der Waals surface area (Å²) in [6.45, 7) is 0. The third-order valence-corrected chi connectivity index (χ3v) is 3.53. The summed E-state index contributed by atoms with van der Waals surface area (Å²) in [4.78, 5) is 2.18. The van der Waals surface area contributed by atoms with Crippen molar-refractivity contribution in [3.63, 3.8) is 0 Å². The molecule has 2 N–H and O–H groups in total. The van der Waals surface area contributed by atoms with Gasteiger partial charge in [0.15, 0.2) is 5.69 Å². The van der Waals surface area contributed by atoms with E-state index in [1.165, 1.54) is 12.1 Å². The van der Waals surface area contributed by atoms with Crippen LogP contribution in [-0.4, -0.2) is 10.1 Å². The minimum Gasteiger partial charge on any atom is -0.493 e. The van der Waals surface area contributed by atoms with E-state index in [1.54, 1.807) is 0 Å². The lowest BCUT2D eigenvalue weighted by Crippen LogP contribution is -2.05. The minimum absolute atomic E-state index is 0.0620. The molecule has 4 nitrogen and oxygen atoms in total. The Morgan fingerprint density at radius 2 is 1.54 bits per heavy atom. The first-order chi connectivity index (χ1) is 12.1. The molecule has 136 valence electrons. The van der Waals surface area contributed by atoms with Gasteiger partial charge in [-0.15, -0.1) is 5.11 Å². The molecule has 0 radical (unpaired) electrons. The van der Waals surface area contributed by atoms with Crippen LogP contribution >= 0.6 is 0 Å². The molecule has 2 aromatic carbocycles. The smallest absolute Gasteiger partial charge is 0.418 e. The second-order valence-electron chi connectivity index (χ2n) is 5.30. The third-order valence-electron chi connectivity index (χ3n) is 3.53. The Morgan fingerprint density at radius 1 is 0.846 bits per heavy atom. The molecule has 3 aromatic rings. The lowest BCUT2D eigenvalue weighted by molar-refractivity contribution is -0.138. The molecule has 1 heterocycles. The Labute approximate surface area is 141 Å². The number of aromatic nitrogens is 1. The molecule has 10 heteroatoms. The van der Waals surface area contributed by atoms with Crippen LogP contribution < -0.4 is 0 Å². The average Bonchev–Trinajstić information content (AvgIpc) is 2.86. The van der Waals surface area contributed by atoms with Gasteiger partial charge in [0.2, 0.25) is 5.88 Å². The number of hydrogen-bond donors (Lipinski definition) is 2. The Hall–Kier alpha value is -3.04. The summed E-state index contributed by atoms with van der Waals surface area (Å²) in [5.41, 5.74) is -2.82. The van der Waals surface area contributed by atoms with Crippen LogP contribution in [0.1, 0.15) is 11.1 Å². The van der Waals surface area contributed by atoms with Crippen molar-refractivity contribution in [1.29, 1.82) is 0 Å². The predicted octanol–water partition coefficient (Wildman–Crippen LogP) is 6.33. The number of nitrogens with one attached hydrogen (secondary N) is 1. The summed E-state index contributed by atoms with van der Waals surface area (Å²) < 4.78 is 77.1. The number of azo groups is 1. The summed E-state index contributed by atoms with van der Waals surface area (Å²) in [6, 6.07) is 7.17. The molecule has 1 aromatic heterocycles. The number of nitrogens with zero attached hydrogens (tertiary/aromatic N) is 2. The van der Waals surface area contributed by atoms with Crippen molar-refractivity contribution in [3.8, 4) is 5.88 Å². The van der Waals surface area contributed by atoms with Crippen molar-refractivity contribution >= 4 is 22.3 Å². The first-order valence-corrected chi connectivity index (χ1v) is 7.07. The van der Waals surface area contributed by atoms with E-state index >= 15 is 0 Å². The van der Waals surface area contributed by atoms with E-state index in [9.17, 15) is 31.4 Å². The van der Waals surface area contributed by atoms with Crippen molar-refractivity contribution in [2.24, 2.45) is 10.2 Å². The molecule has 0 fully saturated rings. The highest BCUT2D eigenvalue weighted by atomic mass is 19.4. The molecule has 0 saturated heterocycles. The third kappa shape index (κ3) is 3.35. The monoisotopic (exact) mass is 373 g/mol. The van der Waals surface area contributed by atoms with E-state index in [2.05, 4.69) is 15.2 Å². The lowest BCUT2D eigenvalue weighted by atomic mass is 10.1. The molecule has 0 atom stereocenters. The largest absolute Gasteiger partial charge is 0.493 e. The number of aromatic amines is 1. The number of benzene rings is 2. The number of rotatable bonds is 2. The Bertz CT molecular complexity index is 988. The number of fused-ring (bicyclic) bond motifs is 1. The fourth-order valence-electron chi connectivity index (χ4n) is 2.38. The number of halogens is 6. The first kappa shape index (κ1) is 17.8. The van der Waals surface area contributed by atoms with Gasteiger partial charge in [0, 0.05) is 5.39 Å². The number of aromatic hydroxyl groups is 1. The van der Waals surface area contributed by atoms with Gasteiger partial charge < -0.3 is 10.1 Å². The fourth-order valence-corrected chi connectivity index (χ4v) is 2.38. The Kier molecular flexibility index (Phi) is 4.13. The van der Waals surface area contributed by atoms with Gasteiger partial charge in [-0.3, -0.25) is 0 Å². The molecule has 0 unspecified atom stereocenters. The van der Waals surface area contributed by atoms with Crippen molar-refractivity contribution < 1.29 is 31.4 Å². The second-order valence-corrected chi connectivity index (χ2v) is 5.30. The zero-order valence-corrected chi connectivity index (χ0v) is 12.7. The number of para-hydroxylation sites is 1. The molecule has 0 spiro atoms.